The van der Waals surface area contributed by atoms with E-state index in [1.165, 1.54) is 12.8 Å². The molecular formula is C18H23ClN4OS. The van der Waals surface area contributed by atoms with Crippen LogP contribution in [0.25, 0.3) is 11.4 Å². The molecule has 1 aromatic carbocycles. The largest absolute Gasteiger partial charge is 0.376 e. The van der Waals surface area contributed by atoms with Gasteiger partial charge in [-0.25, -0.2) is 4.68 Å². The average Bonchev–Trinajstić information content (AvgIpc) is 3.35. The molecule has 0 N–H and O–H groups in total. The van der Waals surface area contributed by atoms with Gasteiger partial charge >= 0.3 is 0 Å². The lowest BCUT2D eigenvalue weighted by Gasteiger charge is -2.14. The highest BCUT2D eigenvalue weighted by molar-refractivity contribution is 7.71. The van der Waals surface area contributed by atoms with Crippen molar-refractivity contribution in [3.05, 3.63) is 34.1 Å². The molecule has 7 heteroatoms. The number of hydrogen-bond acceptors (Lipinski definition) is 4. The highest BCUT2D eigenvalue weighted by Crippen LogP contribution is 2.24. The molecule has 5 nitrogen and oxygen atoms in total. The van der Waals surface area contributed by atoms with Crippen LogP contribution in [-0.4, -0.2) is 45.0 Å². The molecule has 0 saturated carbocycles. The van der Waals surface area contributed by atoms with E-state index in [4.69, 9.17) is 33.7 Å². The average molecular weight is 379 g/mol. The normalized spacial score (nSPS) is 21.2. The van der Waals surface area contributed by atoms with Crippen LogP contribution >= 0.6 is 23.8 Å². The lowest BCUT2D eigenvalue weighted by Crippen LogP contribution is -2.24. The van der Waals surface area contributed by atoms with E-state index >= 15 is 0 Å². The van der Waals surface area contributed by atoms with Gasteiger partial charge in [0.05, 0.1) is 19.3 Å². The van der Waals surface area contributed by atoms with Crippen molar-refractivity contribution in [1.82, 2.24) is 19.2 Å². The number of rotatable bonds is 5. The van der Waals surface area contributed by atoms with Crippen LogP contribution in [-0.2, 0) is 18.0 Å². The summed E-state index contributed by atoms with van der Waals surface area (Å²) < 4.78 is 10.7. The third kappa shape index (κ3) is 3.82. The number of hydrogen-bond donors (Lipinski definition) is 0. The maximum Gasteiger partial charge on any atom is 0.199 e. The van der Waals surface area contributed by atoms with Crippen LogP contribution in [0.3, 0.4) is 0 Å². The Hall–Kier alpha value is -1.21. The van der Waals surface area contributed by atoms with Gasteiger partial charge in [0.1, 0.15) is 0 Å². The molecule has 2 aliphatic heterocycles. The van der Waals surface area contributed by atoms with Gasteiger partial charge in [-0.05, 0) is 75.3 Å². The van der Waals surface area contributed by atoms with Crippen molar-refractivity contribution < 1.29 is 4.74 Å². The van der Waals surface area contributed by atoms with E-state index in [9.17, 15) is 0 Å². The summed E-state index contributed by atoms with van der Waals surface area (Å²) in [6.45, 7) is 4.61. The third-order valence-electron chi connectivity index (χ3n) is 4.97. The van der Waals surface area contributed by atoms with E-state index in [0.717, 1.165) is 66.9 Å². The Morgan fingerprint density at radius 1 is 1.16 bits per heavy atom. The maximum atomic E-state index is 6.05. The van der Waals surface area contributed by atoms with Crippen molar-refractivity contribution in [2.75, 3.05) is 19.7 Å². The molecule has 4 rings (SSSR count). The van der Waals surface area contributed by atoms with E-state index in [1.807, 2.05) is 28.9 Å². The minimum atomic E-state index is 0.224. The van der Waals surface area contributed by atoms with Crippen molar-refractivity contribution in [1.29, 1.82) is 0 Å². The molecule has 2 saturated heterocycles. The first-order valence-electron chi connectivity index (χ1n) is 8.98. The molecule has 25 heavy (non-hydrogen) atoms. The van der Waals surface area contributed by atoms with E-state index in [1.54, 1.807) is 0 Å². The number of benzene rings is 1. The third-order valence-corrected chi connectivity index (χ3v) is 5.65. The van der Waals surface area contributed by atoms with Crippen LogP contribution in [0.5, 0.6) is 0 Å². The first-order valence-corrected chi connectivity index (χ1v) is 9.77. The van der Waals surface area contributed by atoms with Crippen molar-refractivity contribution in [2.24, 2.45) is 0 Å². The van der Waals surface area contributed by atoms with Crippen LogP contribution in [0.15, 0.2) is 24.3 Å². The van der Waals surface area contributed by atoms with Gasteiger partial charge in [-0.3, -0.25) is 9.47 Å². The molecule has 1 aromatic heterocycles. The molecule has 0 aliphatic carbocycles. The van der Waals surface area contributed by atoms with Crippen LogP contribution < -0.4 is 0 Å². The Morgan fingerprint density at radius 3 is 2.60 bits per heavy atom. The molecule has 2 fully saturated rings. The molecule has 1 atom stereocenters. The smallest absolute Gasteiger partial charge is 0.199 e. The van der Waals surface area contributed by atoms with Gasteiger partial charge in [-0.15, -0.1) is 0 Å². The fraction of sp³-hybridized carbons (Fsp3) is 0.556. The monoisotopic (exact) mass is 378 g/mol. The Labute approximate surface area is 158 Å². The second kappa shape index (κ2) is 7.58. The number of aromatic nitrogens is 3. The minimum absolute atomic E-state index is 0.224. The summed E-state index contributed by atoms with van der Waals surface area (Å²) in [6, 6.07) is 7.81. The Bertz CT molecular complexity index is 773. The molecule has 0 spiro atoms. The summed E-state index contributed by atoms with van der Waals surface area (Å²) in [5, 5.41) is 5.58. The quantitative estimate of drug-likeness (QED) is 0.737. The summed E-state index contributed by atoms with van der Waals surface area (Å²) in [7, 11) is 0. The molecule has 2 aromatic rings. The van der Waals surface area contributed by atoms with Gasteiger partial charge in [0.2, 0.25) is 0 Å². The van der Waals surface area contributed by atoms with Gasteiger partial charge in [0, 0.05) is 17.2 Å². The van der Waals surface area contributed by atoms with Crippen molar-refractivity contribution in [3.8, 4) is 11.4 Å². The van der Waals surface area contributed by atoms with Gasteiger partial charge in [-0.2, -0.15) is 5.10 Å². The lowest BCUT2D eigenvalue weighted by molar-refractivity contribution is 0.0967. The summed E-state index contributed by atoms with van der Waals surface area (Å²) in [4.78, 5) is 2.41. The van der Waals surface area contributed by atoms with Crippen LogP contribution in [0.4, 0.5) is 0 Å². The van der Waals surface area contributed by atoms with Crippen LogP contribution in [0.2, 0.25) is 5.02 Å². The van der Waals surface area contributed by atoms with Gasteiger partial charge in [0.15, 0.2) is 10.6 Å². The summed E-state index contributed by atoms with van der Waals surface area (Å²) in [6.07, 6.45) is 4.94. The zero-order valence-electron chi connectivity index (χ0n) is 14.2. The maximum absolute atomic E-state index is 6.05. The van der Waals surface area contributed by atoms with Crippen molar-refractivity contribution in [2.45, 2.75) is 45.0 Å². The fourth-order valence-electron chi connectivity index (χ4n) is 3.62. The number of likely N-dealkylation sites (tertiary alicyclic amines) is 1. The first kappa shape index (κ1) is 17.2. The molecule has 2 aliphatic rings. The second-order valence-electron chi connectivity index (χ2n) is 6.82. The zero-order chi connectivity index (χ0) is 17.2. The SMILES string of the molecule is S=c1n(CN2CCCC2)nc(-c2ccc(Cl)cc2)n1C[C@@H]1CCCO1. The predicted octanol–water partition coefficient (Wildman–Crippen LogP) is 3.97. The minimum Gasteiger partial charge on any atom is -0.376 e. The summed E-state index contributed by atoms with van der Waals surface area (Å²) >= 11 is 11.8. The summed E-state index contributed by atoms with van der Waals surface area (Å²) in [5.74, 6) is 0.899. The Morgan fingerprint density at radius 2 is 1.92 bits per heavy atom. The molecule has 134 valence electrons. The number of halogens is 1. The molecular weight excluding hydrogens is 356 g/mol. The molecule has 0 unspecified atom stereocenters. The Balaban J connectivity index is 1.68. The highest BCUT2D eigenvalue weighted by Gasteiger charge is 2.22. The molecule has 0 radical (unpaired) electrons. The summed E-state index contributed by atoms with van der Waals surface area (Å²) in [5.41, 5.74) is 1.04. The standard InChI is InChI=1S/C18H23ClN4OS/c19-15-7-5-14(6-8-15)17-20-23(13-21-9-1-2-10-21)18(25)22(17)12-16-4-3-11-24-16/h5-8,16H,1-4,9-13H2/t16-/m0/s1. The van der Waals surface area contributed by atoms with E-state index in [0.29, 0.717) is 0 Å². The van der Waals surface area contributed by atoms with Gasteiger partial charge in [0.25, 0.3) is 0 Å². The zero-order valence-corrected chi connectivity index (χ0v) is 15.8. The van der Waals surface area contributed by atoms with Crippen LogP contribution in [0, 0.1) is 4.77 Å². The van der Waals surface area contributed by atoms with E-state index in [-0.39, 0.29) is 6.10 Å². The first-order chi connectivity index (χ1) is 12.2. The Kier molecular flexibility index (Phi) is 5.22. The van der Waals surface area contributed by atoms with E-state index in [2.05, 4.69) is 9.47 Å². The molecule has 0 amide bonds. The highest BCUT2D eigenvalue weighted by atomic mass is 35.5. The lowest BCUT2D eigenvalue weighted by atomic mass is 10.2. The van der Waals surface area contributed by atoms with Gasteiger partial charge in [-0.1, -0.05) is 11.6 Å². The van der Waals surface area contributed by atoms with Crippen molar-refractivity contribution >= 4 is 23.8 Å². The number of nitrogens with zero attached hydrogens (tertiary/aromatic N) is 4. The molecule has 3 heterocycles. The topological polar surface area (TPSA) is 35.2 Å². The fourth-order valence-corrected chi connectivity index (χ4v) is 4.00. The second-order valence-corrected chi connectivity index (χ2v) is 7.63. The molecule has 0 bridgehead atoms. The van der Waals surface area contributed by atoms with Crippen molar-refractivity contribution in [3.63, 3.8) is 0 Å². The van der Waals surface area contributed by atoms with E-state index < -0.39 is 0 Å². The van der Waals surface area contributed by atoms with Gasteiger partial charge < -0.3 is 4.74 Å². The number of ether oxygens (including phenoxy) is 1. The predicted molar refractivity (Wildman–Crippen MR) is 101 cm³/mol. The van der Waals surface area contributed by atoms with Crippen LogP contribution in [0.1, 0.15) is 25.7 Å².